The number of amides is 4. The van der Waals surface area contributed by atoms with E-state index in [2.05, 4.69) is 10.6 Å². The van der Waals surface area contributed by atoms with Gasteiger partial charge in [0.15, 0.2) is 6.10 Å². The van der Waals surface area contributed by atoms with Crippen LogP contribution < -0.4 is 15.4 Å². The van der Waals surface area contributed by atoms with Gasteiger partial charge in [-0.1, -0.05) is 0 Å². The molecule has 2 aliphatic rings. The zero-order chi connectivity index (χ0) is 21.2. The van der Waals surface area contributed by atoms with Crippen LogP contribution in [0.5, 0.6) is 5.75 Å². The number of hydrogen-bond acceptors (Lipinski definition) is 6. The maximum atomic E-state index is 12.5. The molecule has 29 heavy (non-hydrogen) atoms. The first-order chi connectivity index (χ1) is 13.7. The number of nitrogens with one attached hydrogen (secondary N) is 2. The monoisotopic (exact) mass is 403 g/mol. The molecule has 9 heteroatoms. The van der Waals surface area contributed by atoms with Crippen molar-refractivity contribution in [2.45, 2.75) is 45.3 Å². The third kappa shape index (κ3) is 4.49. The highest BCUT2D eigenvalue weighted by molar-refractivity contribution is 6.09. The molecule has 0 unspecified atom stereocenters. The van der Waals surface area contributed by atoms with E-state index in [1.54, 1.807) is 31.2 Å². The molecule has 1 saturated heterocycles. The molecular weight excluding hydrogens is 378 g/mol. The van der Waals surface area contributed by atoms with E-state index < -0.39 is 42.0 Å². The molecule has 4 amide bonds. The fraction of sp³-hybridized carbons (Fsp3) is 0.500. The quantitative estimate of drug-likeness (QED) is 0.504. The molecule has 1 heterocycles. The van der Waals surface area contributed by atoms with Crippen LogP contribution in [0.15, 0.2) is 24.3 Å². The van der Waals surface area contributed by atoms with Gasteiger partial charge in [-0.2, -0.15) is 0 Å². The first kappa shape index (κ1) is 20.6. The molecule has 156 valence electrons. The summed E-state index contributed by atoms with van der Waals surface area (Å²) in [6, 6.07) is 6.15. The van der Waals surface area contributed by atoms with Crippen LogP contribution in [0.4, 0.5) is 10.5 Å². The Hall–Kier alpha value is -3.10. The van der Waals surface area contributed by atoms with Crippen molar-refractivity contribution in [3.05, 3.63) is 24.3 Å². The van der Waals surface area contributed by atoms with E-state index in [9.17, 15) is 19.2 Å². The molecule has 1 aromatic rings. The summed E-state index contributed by atoms with van der Waals surface area (Å²) in [5.41, 5.74) is -0.441. The number of carbonyl (C=O) groups is 4. The molecule has 2 atom stereocenters. The topological polar surface area (TPSA) is 114 Å². The Morgan fingerprint density at radius 3 is 2.52 bits per heavy atom. The SMILES string of the molecule is CCOc1ccc(NC(=O)[C@@H](C)OC(=O)CN2C(=O)N[C@](C)(C3CC3)C2=O)cc1. The van der Waals surface area contributed by atoms with Gasteiger partial charge in [0.2, 0.25) is 0 Å². The predicted octanol–water partition coefficient (Wildman–Crippen LogP) is 1.68. The van der Waals surface area contributed by atoms with Crippen LogP contribution in [0.3, 0.4) is 0 Å². The second-order valence-electron chi connectivity index (χ2n) is 7.38. The summed E-state index contributed by atoms with van der Waals surface area (Å²) in [7, 11) is 0. The number of anilines is 1. The van der Waals surface area contributed by atoms with Crippen molar-refractivity contribution in [2.75, 3.05) is 18.5 Å². The number of esters is 1. The number of urea groups is 1. The smallest absolute Gasteiger partial charge is 0.327 e. The highest BCUT2D eigenvalue weighted by Crippen LogP contribution is 2.42. The van der Waals surface area contributed by atoms with Crippen molar-refractivity contribution in [1.29, 1.82) is 0 Å². The Morgan fingerprint density at radius 2 is 1.93 bits per heavy atom. The maximum absolute atomic E-state index is 12.5. The molecule has 0 bridgehead atoms. The lowest BCUT2D eigenvalue weighted by Gasteiger charge is -2.21. The van der Waals surface area contributed by atoms with Gasteiger partial charge in [-0.15, -0.1) is 0 Å². The number of rotatable bonds is 8. The van der Waals surface area contributed by atoms with Crippen molar-refractivity contribution in [3.8, 4) is 5.75 Å². The fourth-order valence-electron chi connectivity index (χ4n) is 3.26. The van der Waals surface area contributed by atoms with Crippen LogP contribution in [-0.4, -0.2) is 53.5 Å². The molecule has 1 saturated carbocycles. The molecule has 2 N–H and O–H groups in total. The Bertz CT molecular complexity index is 820. The fourth-order valence-corrected chi connectivity index (χ4v) is 3.26. The lowest BCUT2D eigenvalue weighted by atomic mass is 9.96. The van der Waals surface area contributed by atoms with Gasteiger partial charge in [0.1, 0.15) is 17.8 Å². The largest absolute Gasteiger partial charge is 0.494 e. The second-order valence-corrected chi connectivity index (χ2v) is 7.38. The highest BCUT2D eigenvalue weighted by Gasteiger charge is 2.56. The van der Waals surface area contributed by atoms with Crippen LogP contribution in [0.2, 0.25) is 0 Å². The van der Waals surface area contributed by atoms with Crippen molar-refractivity contribution < 1.29 is 28.7 Å². The second kappa shape index (κ2) is 8.10. The van der Waals surface area contributed by atoms with E-state index in [4.69, 9.17) is 9.47 Å². The zero-order valence-corrected chi connectivity index (χ0v) is 16.7. The summed E-state index contributed by atoms with van der Waals surface area (Å²) in [4.78, 5) is 49.9. The van der Waals surface area contributed by atoms with Gasteiger partial charge < -0.3 is 20.1 Å². The van der Waals surface area contributed by atoms with Gasteiger partial charge in [-0.25, -0.2) is 4.79 Å². The van der Waals surface area contributed by atoms with E-state index in [1.165, 1.54) is 6.92 Å². The molecule has 2 fully saturated rings. The predicted molar refractivity (Wildman–Crippen MR) is 103 cm³/mol. The van der Waals surface area contributed by atoms with E-state index in [0.717, 1.165) is 17.7 Å². The summed E-state index contributed by atoms with van der Waals surface area (Å²) >= 11 is 0. The number of carbonyl (C=O) groups excluding carboxylic acids is 4. The lowest BCUT2D eigenvalue weighted by molar-refractivity contribution is -0.155. The minimum absolute atomic E-state index is 0.0961. The molecule has 1 aliphatic carbocycles. The zero-order valence-electron chi connectivity index (χ0n) is 16.7. The average Bonchev–Trinajstić information content (AvgIpc) is 3.49. The molecule has 1 aromatic carbocycles. The Kier molecular flexibility index (Phi) is 5.76. The molecule has 9 nitrogen and oxygen atoms in total. The number of ether oxygens (including phenoxy) is 2. The standard InChI is InChI=1S/C20H25N3O6/c1-4-28-15-9-7-14(8-10-15)21-17(25)12(2)29-16(24)11-23-18(26)20(3,13-5-6-13)22-19(23)27/h7-10,12-13H,4-6,11H2,1-3H3,(H,21,25)(H,22,27)/t12-,20-/m1/s1. The summed E-state index contributed by atoms with van der Waals surface area (Å²) in [6.45, 7) is 4.96. The lowest BCUT2D eigenvalue weighted by Crippen LogP contribution is -2.46. The van der Waals surface area contributed by atoms with Crippen molar-refractivity contribution in [3.63, 3.8) is 0 Å². The summed E-state index contributed by atoms with van der Waals surface area (Å²) in [5, 5.41) is 5.29. The maximum Gasteiger partial charge on any atom is 0.327 e. The molecule has 0 aromatic heterocycles. The van der Waals surface area contributed by atoms with Gasteiger partial charge in [-0.3, -0.25) is 19.3 Å². The van der Waals surface area contributed by atoms with Crippen molar-refractivity contribution in [2.24, 2.45) is 5.92 Å². The average molecular weight is 403 g/mol. The molecule has 1 aliphatic heterocycles. The normalized spacial score (nSPS) is 22.1. The highest BCUT2D eigenvalue weighted by atomic mass is 16.5. The first-order valence-corrected chi connectivity index (χ1v) is 9.62. The van der Waals surface area contributed by atoms with Crippen LogP contribution >= 0.6 is 0 Å². The van der Waals surface area contributed by atoms with Crippen molar-refractivity contribution in [1.82, 2.24) is 10.2 Å². The number of benzene rings is 1. The summed E-state index contributed by atoms with van der Waals surface area (Å²) in [5.74, 6) is -1.02. The Labute approximate surface area is 168 Å². The third-order valence-corrected chi connectivity index (χ3v) is 5.09. The minimum Gasteiger partial charge on any atom is -0.494 e. The van der Waals surface area contributed by atoms with E-state index in [1.807, 2.05) is 6.92 Å². The van der Waals surface area contributed by atoms with Crippen LogP contribution in [0.25, 0.3) is 0 Å². The Morgan fingerprint density at radius 1 is 1.28 bits per heavy atom. The third-order valence-electron chi connectivity index (χ3n) is 5.09. The van der Waals surface area contributed by atoms with E-state index in [-0.39, 0.29) is 5.92 Å². The minimum atomic E-state index is -1.09. The van der Waals surface area contributed by atoms with Gasteiger partial charge in [0.25, 0.3) is 11.8 Å². The van der Waals surface area contributed by atoms with Crippen LogP contribution in [-0.2, 0) is 19.1 Å². The van der Waals surface area contributed by atoms with Gasteiger partial charge in [-0.05, 0) is 63.8 Å². The van der Waals surface area contributed by atoms with Crippen molar-refractivity contribution >= 4 is 29.5 Å². The van der Waals surface area contributed by atoms with Gasteiger partial charge >= 0.3 is 12.0 Å². The Balaban J connectivity index is 1.51. The number of imide groups is 1. The summed E-state index contributed by atoms with van der Waals surface area (Å²) < 4.78 is 10.4. The van der Waals surface area contributed by atoms with Gasteiger partial charge in [0, 0.05) is 5.69 Å². The van der Waals surface area contributed by atoms with Gasteiger partial charge in [0.05, 0.1) is 6.61 Å². The van der Waals surface area contributed by atoms with E-state index in [0.29, 0.717) is 18.0 Å². The van der Waals surface area contributed by atoms with Crippen LogP contribution in [0, 0.1) is 5.92 Å². The van der Waals surface area contributed by atoms with E-state index >= 15 is 0 Å². The first-order valence-electron chi connectivity index (χ1n) is 9.62. The summed E-state index contributed by atoms with van der Waals surface area (Å²) in [6.07, 6.45) is 0.636. The number of nitrogens with zero attached hydrogens (tertiary/aromatic N) is 1. The van der Waals surface area contributed by atoms with Crippen LogP contribution in [0.1, 0.15) is 33.6 Å². The molecule has 3 rings (SSSR count). The molecule has 0 radical (unpaired) electrons. The molecule has 0 spiro atoms. The molecular formula is C20H25N3O6. The number of hydrogen-bond donors (Lipinski definition) is 2.